The predicted molar refractivity (Wildman–Crippen MR) is 81.6 cm³/mol. The van der Waals surface area contributed by atoms with Crippen LogP contribution in [0.1, 0.15) is 50.7 Å². The second-order valence-electron chi connectivity index (χ2n) is 6.32. The fourth-order valence-electron chi connectivity index (χ4n) is 2.93. The SMILES string of the molecule is CC1(CNC(=O)CC(O)c2ccccc2)CCCCC1O. The van der Waals surface area contributed by atoms with Gasteiger partial charge in [0.2, 0.25) is 5.91 Å². The summed E-state index contributed by atoms with van der Waals surface area (Å²) in [6.45, 7) is 2.49. The first-order valence-electron chi connectivity index (χ1n) is 7.69. The molecule has 21 heavy (non-hydrogen) atoms. The molecule has 4 heteroatoms. The Morgan fingerprint density at radius 3 is 2.76 bits per heavy atom. The molecule has 1 fully saturated rings. The molecule has 0 aromatic heterocycles. The zero-order chi connectivity index (χ0) is 15.3. The van der Waals surface area contributed by atoms with E-state index in [2.05, 4.69) is 5.32 Å². The average Bonchev–Trinajstić information content (AvgIpc) is 2.49. The maximum atomic E-state index is 12.0. The van der Waals surface area contributed by atoms with Crippen LogP contribution in [0.4, 0.5) is 0 Å². The number of carbonyl (C=O) groups excluding carboxylic acids is 1. The van der Waals surface area contributed by atoms with Gasteiger partial charge in [0.1, 0.15) is 0 Å². The lowest BCUT2D eigenvalue weighted by molar-refractivity contribution is -0.124. The van der Waals surface area contributed by atoms with E-state index in [9.17, 15) is 15.0 Å². The largest absolute Gasteiger partial charge is 0.392 e. The molecule has 0 bridgehead atoms. The van der Waals surface area contributed by atoms with Gasteiger partial charge in [-0.25, -0.2) is 0 Å². The molecule has 3 atom stereocenters. The predicted octanol–water partition coefficient (Wildman–Crippen LogP) is 2.17. The molecule has 0 aliphatic heterocycles. The van der Waals surface area contributed by atoms with Crippen molar-refractivity contribution in [2.75, 3.05) is 6.54 Å². The van der Waals surface area contributed by atoms with Gasteiger partial charge in [-0.2, -0.15) is 0 Å². The lowest BCUT2D eigenvalue weighted by Crippen LogP contribution is -2.45. The van der Waals surface area contributed by atoms with E-state index in [1.807, 2.05) is 37.3 Å². The number of aliphatic hydroxyl groups excluding tert-OH is 2. The van der Waals surface area contributed by atoms with Gasteiger partial charge in [-0.1, -0.05) is 50.1 Å². The Hall–Kier alpha value is -1.39. The van der Waals surface area contributed by atoms with Crippen LogP contribution in [0.3, 0.4) is 0 Å². The van der Waals surface area contributed by atoms with E-state index in [-0.39, 0.29) is 23.8 Å². The Labute approximate surface area is 126 Å². The number of carbonyl (C=O) groups is 1. The second kappa shape index (κ2) is 7.05. The molecule has 1 saturated carbocycles. The van der Waals surface area contributed by atoms with Crippen LogP contribution in [-0.2, 0) is 4.79 Å². The van der Waals surface area contributed by atoms with Crippen molar-refractivity contribution < 1.29 is 15.0 Å². The Bertz CT molecular complexity index is 462. The van der Waals surface area contributed by atoms with E-state index >= 15 is 0 Å². The van der Waals surface area contributed by atoms with E-state index in [1.165, 1.54) is 0 Å². The van der Waals surface area contributed by atoms with E-state index in [1.54, 1.807) is 0 Å². The van der Waals surface area contributed by atoms with Crippen LogP contribution < -0.4 is 5.32 Å². The summed E-state index contributed by atoms with van der Waals surface area (Å²) in [7, 11) is 0. The minimum absolute atomic E-state index is 0.0518. The molecule has 1 aromatic rings. The average molecular weight is 291 g/mol. The quantitative estimate of drug-likeness (QED) is 0.778. The molecule has 0 radical (unpaired) electrons. The number of benzene rings is 1. The summed E-state index contributed by atoms with van der Waals surface area (Å²) in [5, 5.41) is 23.0. The Morgan fingerprint density at radius 2 is 2.10 bits per heavy atom. The van der Waals surface area contributed by atoms with Gasteiger partial charge in [0.15, 0.2) is 0 Å². The third-order valence-corrected chi connectivity index (χ3v) is 4.53. The summed E-state index contributed by atoms with van der Waals surface area (Å²) in [6.07, 6.45) is 2.79. The first-order chi connectivity index (χ1) is 10.0. The van der Waals surface area contributed by atoms with Gasteiger partial charge in [-0.15, -0.1) is 0 Å². The summed E-state index contributed by atoms with van der Waals surface area (Å²) in [6, 6.07) is 9.18. The number of nitrogens with one attached hydrogen (secondary N) is 1. The zero-order valence-electron chi connectivity index (χ0n) is 12.6. The van der Waals surface area contributed by atoms with Gasteiger partial charge in [0.05, 0.1) is 18.6 Å². The van der Waals surface area contributed by atoms with Crippen LogP contribution in [0.2, 0.25) is 0 Å². The maximum Gasteiger partial charge on any atom is 0.222 e. The first kappa shape index (κ1) is 16.0. The highest BCUT2D eigenvalue weighted by molar-refractivity contribution is 5.76. The van der Waals surface area contributed by atoms with E-state index < -0.39 is 6.10 Å². The maximum absolute atomic E-state index is 12.0. The van der Waals surface area contributed by atoms with Gasteiger partial charge >= 0.3 is 0 Å². The molecule has 2 rings (SSSR count). The third kappa shape index (κ3) is 4.29. The highest BCUT2D eigenvalue weighted by atomic mass is 16.3. The van der Waals surface area contributed by atoms with Crippen LogP contribution in [0.15, 0.2) is 30.3 Å². The smallest absolute Gasteiger partial charge is 0.222 e. The monoisotopic (exact) mass is 291 g/mol. The van der Waals surface area contributed by atoms with E-state index in [4.69, 9.17) is 0 Å². The minimum Gasteiger partial charge on any atom is -0.392 e. The van der Waals surface area contributed by atoms with E-state index in [0.29, 0.717) is 6.54 Å². The summed E-state index contributed by atoms with van der Waals surface area (Å²) < 4.78 is 0. The molecule has 0 heterocycles. The number of amides is 1. The van der Waals surface area contributed by atoms with Crippen LogP contribution in [-0.4, -0.2) is 28.8 Å². The molecule has 3 unspecified atom stereocenters. The number of hydrogen-bond donors (Lipinski definition) is 3. The van der Waals surface area contributed by atoms with Gasteiger partial charge in [-0.05, 0) is 18.4 Å². The summed E-state index contributed by atoms with van der Waals surface area (Å²) in [5.74, 6) is -0.176. The Balaban J connectivity index is 1.82. The molecule has 116 valence electrons. The van der Waals surface area contributed by atoms with Crippen molar-refractivity contribution in [3.63, 3.8) is 0 Å². The van der Waals surface area contributed by atoms with Crippen molar-refractivity contribution in [3.05, 3.63) is 35.9 Å². The van der Waals surface area contributed by atoms with Crippen molar-refractivity contribution in [1.29, 1.82) is 0 Å². The van der Waals surface area contributed by atoms with Crippen molar-refractivity contribution >= 4 is 5.91 Å². The molecular weight excluding hydrogens is 266 g/mol. The minimum atomic E-state index is -0.782. The summed E-state index contributed by atoms with van der Waals surface area (Å²) in [4.78, 5) is 12.0. The lowest BCUT2D eigenvalue weighted by atomic mass is 9.73. The topological polar surface area (TPSA) is 69.6 Å². The fraction of sp³-hybridized carbons (Fsp3) is 0.588. The normalized spacial score (nSPS) is 27.1. The van der Waals surface area contributed by atoms with Gasteiger partial charge < -0.3 is 15.5 Å². The van der Waals surface area contributed by atoms with Crippen molar-refractivity contribution in [2.45, 2.75) is 51.2 Å². The second-order valence-corrected chi connectivity index (χ2v) is 6.32. The van der Waals surface area contributed by atoms with E-state index in [0.717, 1.165) is 31.2 Å². The van der Waals surface area contributed by atoms with Gasteiger partial charge in [-0.3, -0.25) is 4.79 Å². The fourth-order valence-corrected chi connectivity index (χ4v) is 2.93. The summed E-state index contributed by atoms with van der Waals surface area (Å²) >= 11 is 0. The molecule has 1 amide bonds. The van der Waals surface area contributed by atoms with Crippen LogP contribution >= 0.6 is 0 Å². The number of aliphatic hydroxyl groups is 2. The molecule has 0 saturated heterocycles. The molecular formula is C17H25NO3. The van der Waals surface area contributed by atoms with Crippen molar-refractivity contribution in [3.8, 4) is 0 Å². The van der Waals surface area contributed by atoms with Crippen LogP contribution in [0.25, 0.3) is 0 Å². The molecule has 1 aliphatic carbocycles. The highest BCUT2D eigenvalue weighted by Crippen LogP contribution is 2.35. The summed E-state index contributed by atoms with van der Waals surface area (Å²) in [5.41, 5.74) is 0.502. The third-order valence-electron chi connectivity index (χ3n) is 4.53. The highest BCUT2D eigenvalue weighted by Gasteiger charge is 2.35. The molecule has 1 aliphatic rings. The first-order valence-corrected chi connectivity index (χ1v) is 7.69. The number of rotatable bonds is 5. The van der Waals surface area contributed by atoms with Gasteiger partial charge in [0, 0.05) is 12.0 Å². The Kier molecular flexibility index (Phi) is 5.37. The van der Waals surface area contributed by atoms with Crippen LogP contribution in [0.5, 0.6) is 0 Å². The standard InChI is InChI=1S/C17H25NO3/c1-17(10-6-5-9-15(17)20)12-18-16(21)11-14(19)13-7-3-2-4-8-13/h2-4,7-8,14-15,19-20H,5-6,9-12H2,1H3,(H,18,21). The molecule has 3 N–H and O–H groups in total. The van der Waals surface area contributed by atoms with Crippen LogP contribution in [0, 0.1) is 5.41 Å². The van der Waals surface area contributed by atoms with Gasteiger partial charge in [0.25, 0.3) is 0 Å². The van der Waals surface area contributed by atoms with Crippen molar-refractivity contribution in [1.82, 2.24) is 5.32 Å². The lowest BCUT2D eigenvalue weighted by Gasteiger charge is -2.38. The number of hydrogen-bond acceptors (Lipinski definition) is 3. The Morgan fingerprint density at radius 1 is 1.38 bits per heavy atom. The zero-order valence-corrected chi connectivity index (χ0v) is 12.6. The molecule has 0 spiro atoms. The van der Waals surface area contributed by atoms with Crippen molar-refractivity contribution in [2.24, 2.45) is 5.41 Å². The molecule has 4 nitrogen and oxygen atoms in total. The molecule has 1 aromatic carbocycles.